The number of nitrogens with one attached hydrogen (secondary N) is 1. The van der Waals surface area contributed by atoms with Crippen LogP contribution in [0.1, 0.15) is 11.3 Å². The van der Waals surface area contributed by atoms with E-state index in [0.717, 1.165) is 16.9 Å². The maximum absolute atomic E-state index is 13.1. The molecule has 0 fully saturated rings. The van der Waals surface area contributed by atoms with Crippen LogP contribution in [0.4, 0.5) is 10.1 Å². The van der Waals surface area contributed by atoms with Gasteiger partial charge in [0.2, 0.25) is 0 Å². The van der Waals surface area contributed by atoms with Crippen molar-refractivity contribution in [3.63, 3.8) is 0 Å². The van der Waals surface area contributed by atoms with Crippen molar-refractivity contribution < 1.29 is 4.39 Å². The van der Waals surface area contributed by atoms with Crippen LogP contribution < -0.4 is 5.32 Å². The highest BCUT2D eigenvalue weighted by Crippen LogP contribution is 2.13. The van der Waals surface area contributed by atoms with Crippen molar-refractivity contribution in [3.8, 4) is 0 Å². The molecule has 82 valence electrons. The van der Waals surface area contributed by atoms with E-state index < -0.39 is 0 Å². The number of hydrogen-bond donors (Lipinski definition) is 1. The molecule has 0 aliphatic carbocycles. The Morgan fingerprint density at radius 3 is 2.88 bits per heavy atom. The van der Waals surface area contributed by atoms with Gasteiger partial charge < -0.3 is 5.32 Å². The quantitative estimate of drug-likeness (QED) is 0.858. The van der Waals surface area contributed by atoms with Gasteiger partial charge in [0, 0.05) is 11.9 Å². The molecule has 16 heavy (non-hydrogen) atoms. The minimum atomic E-state index is -0.231. The number of aryl methyl sites for hydroxylation is 1. The van der Waals surface area contributed by atoms with Gasteiger partial charge in [0.25, 0.3) is 0 Å². The summed E-state index contributed by atoms with van der Waals surface area (Å²) in [5.74, 6) is -0.231. The molecule has 0 aliphatic rings. The predicted molar refractivity (Wildman–Crippen MR) is 60.5 cm³/mol. The van der Waals surface area contributed by atoms with Gasteiger partial charge in [0.1, 0.15) is 12.1 Å². The zero-order chi connectivity index (χ0) is 11.4. The van der Waals surface area contributed by atoms with Gasteiger partial charge in [0.05, 0.1) is 12.2 Å². The third-order valence-electron chi connectivity index (χ3n) is 2.16. The molecule has 2 aromatic rings. The fourth-order valence-electron chi connectivity index (χ4n) is 1.45. The first-order chi connectivity index (χ1) is 7.74. The number of halogens is 1. The second-order valence-electron chi connectivity index (χ2n) is 3.57. The van der Waals surface area contributed by atoms with E-state index in [9.17, 15) is 4.39 Å². The van der Waals surface area contributed by atoms with Crippen LogP contribution >= 0.6 is 0 Å². The monoisotopic (exact) mass is 217 g/mol. The lowest BCUT2D eigenvalue weighted by Gasteiger charge is -2.06. The molecule has 1 heterocycles. The van der Waals surface area contributed by atoms with Crippen molar-refractivity contribution in [1.29, 1.82) is 0 Å². The fraction of sp³-hybridized carbons (Fsp3) is 0.167. The summed E-state index contributed by atoms with van der Waals surface area (Å²) in [6, 6.07) is 6.67. The summed E-state index contributed by atoms with van der Waals surface area (Å²) in [5.41, 5.74) is 2.53. The Morgan fingerprint density at radius 1 is 1.31 bits per heavy atom. The molecule has 1 N–H and O–H groups in total. The number of rotatable bonds is 3. The molecule has 2 rings (SSSR count). The van der Waals surface area contributed by atoms with E-state index in [1.807, 2.05) is 19.1 Å². The van der Waals surface area contributed by atoms with Gasteiger partial charge >= 0.3 is 0 Å². The van der Waals surface area contributed by atoms with Crippen molar-refractivity contribution >= 4 is 5.69 Å². The number of aromatic nitrogens is 2. The molecule has 1 aromatic heterocycles. The normalized spacial score (nSPS) is 10.1. The molecule has 3 nitrogen and oxygen atoms in total. The lowest BCUT2D eigenvalue weighted by Crippen LogP contribution is -2.02. The fourth-order valence-corrected chi connectivity index (χ4v) is 1.45. The van der Waals surface area contributed by atoms with E-state index in [1.54, 1.807) is 6.20 Å². The molecule has 0 unspecified atom stereocenters. The highest BCUT2D eigenvalue weighted by atomic mass is 19.1. The van der Waals surface area contributed by atoms with E-state index in [-0.39, 0.29) is 5.82 Å². The first-order valence-electron chi connectivity index (χ1n) is 5.00. The minimum absolute atomic E-state index is 0.231. The van der Waals surface area contributed by atoms with Gasteiger partial charge in [-0.15, -0.1) is 0 Å². The molecule has 0 radical (unpaired) electrons. The molecule has 4 heteroatoms. The Labute approximate surface area is 93.4 Å². The van der Waals surface area contributed by atoms with Crippen molar-refractivity contribution in [2.45, 2.75) is 13.5 Å². The van der Waals surface area contributed by atoms with Gasteiger partial charge in [-0.2, -0.15) is 0 Å². The number of nitrogens with zero attached hydrogens (tertiary/aromatic N) is 2. The van der Waals surface area contributed by atoms with E-state index in [2.05, 4.69) is 15.3 Å². The topological polar surface area (TPSA) is 37.8 Å². The van der Waals surface area contributed by atoms with Crippen molar-refractivity contribution in [3.05, 3.63) is 53.9 Å². The van der Waals surface area contributed by atoms with Crippen LogP contribution in [0.5, 0.6) is 0 Å². The molecule has 0 saturated heterocycles. The van der Waals surface area contributed by atoms with Crippen LogP contribution in [0.2, 0.25) is 0 Å². The van der Waals surface area contributed by atoms with E-state index in [0.29, 0.717) is 6.54 Å². The van der Waals surface area contributed by atoms with Gasteiger partial charge in [-0.1, -0.05) is 0 Å². The van der Waals surface area contributed by atoms with Crippen LogP contribution in [0, 0.1) is 12.7 Å². The van der Waals surface area contributed by atoms with Crippen LogP contribution in [0.3, 0.4) is 0 Å². The summed E-state index contributed by atoms with van der Waals surface area (Å²) in [7, 11) is 0. The molecule has 0 bridgehead atoms. The summed E-state index contributed by atoms with van der Waals surface area (Å²) < 4.78 is 13.1. The summed E-state index contributed by atoms with van der Waals surface area (Å²) in [6.45, 7) is 2.42. The predicted octanol–water partition coefficient (Wildman–Crippen LogP) is 2.54. The number of hydrogen-bond acceptors (Lipinski definition) is 3. The van der Waals surface area contributed by atoms with Gasteiger partial charge in [-0.3, -0.25) is 0 Å². The van der Waals surface area contributed by atoms with Gasteiger partial charge in [-0.05, 0) is 36.8 Å². The molecule has 0 saturated carbocycles. The molecular weight excluding hydrogens is 205 g/mol. The minimum Gasteiger partial charge on any atom is -0.379 e. The Morgan fingerprint density at radius 2 is 2.19 bits per heavy atom. The van der Waals surface area contributed by atoms with Crippen molar-refractivity contribution in [2.24, 2.45) is 0 Å². The van der Waals surface area contributed by atoms with Crippen LogP contribution in [0.15, 0.2) is 36.8 Å². The SMILES string of the molecule is Cc1cc(F)cc(NCc2ccncn2)c1. The first kappa shape index (κ1) is 10.5. The summed E-state index contributed by atoms with van der Waals surface area (Å²) in [4.78, 5) is 7.90. The summed E-state index contributed by atoms with van der Waals surface area (Å²) >= 11 is 0. The maximum Gasteiger partial charge on any atom is 0.125 e. The second kappa shape index (κ2) is 4.70. The van der Waals surface area contributed by atoms with Gasteiger partial charge in [0.15, 0.2) is 0 Å². The lowest BCUT2D eigenvalue weighted by molar-refractivity contribution is 0.627. The third kappa shape index (κ3) is 2.76. The smallest absolute Gasteiger partial charge is 0.125 e. The number of anilines is 1. The molecule has 0 spiro atoms. The van der Waals surface area contributed by atoms with E-state index >= 15 is 0 Å². The average Bonchev–Trinajstić information content (AvgIpc) is 2.27. The van der Waals surface area contributed by atoms with E-state index in [4.69, 9.17) is 0 Å². The number of benzene rings is 1. The Kier molecular flexibility index (Phi) is 3.10. The third-order valence-corrected chi connectivity index (χ3v) is 2.16. The standard InChI is InChI=1S/C12H12FN3/c1-9-4-10(13)6-12(5-9)15-7-11-2-3-14-8-16-11/h2-6,8,15H,7H2,1H3. The molecule has 1 aromatic carbocycles. The Balaban J connectivity index is 2.05. The maximum atomic E-state index is 13.1. The lowest BCUT2D eigenvalue weighted by atomic mass is 10.2. The highest BCUT2D eigenvalue weighted by Gasteiger charge is 1.98. The van der Waals surface area contributed by atoms with Gasteiger partial charge in [-0.25, -0.2) is 14.4 Å². The zero-order valence-corrected chi connectivity index (χ0v) is 8.94. The summed E-state index contributed by atoms with van der Waals surface area (Å²) in [5, 5.41) is 3.11. The highest BCUT2D eigenvalue weighted by molar-refractivity contribution is 5.46. The second-order valence-corrected chi connectivity index (χ2v) is 3.57. The summed E-state index contributed by atoms with van der Waals surface area (Å²) in [6.07, 6.45) is 3.18. The average molecular weight is 217 g/mol. The Hall–Kier alpha value is -1.97. The Bertz CT molecular complexity index is 451. The molecular formula is C12H12FN3. The first-order valence-corrected chi connectivity index (χ1v) is 5.00. The van der Waals surface area contributed by atoms with Crippen molar-refractivity contribution in [1.82, 2.24) is 9.97 Å². The molecule has 0 aliphatic heterocycles. The molecule has 0 atom stereocenters. The zero-order valence-electron chi connectivity index (χ0n) is 8.94. The molecule has 0 amide bonds. The van der Waals surface area contributed by atoms with Crippen molar-refractivity contribution in [2.75, 3.05) is 5.32 Å². The van der Waals surface area contributed by atoms with Crippen LogP contribution in [0.25, 0.3) is 0 Å². The van der Waals surface area contributed by atoms with Crippen LogP contribution in [-0.2, 0) is 6.54 Å². The van der Waals surface area contributed by atoms with E-state index in [1.165, 1.54) is 18.5 Å². The largest absolute Gasteiger partial charge is 0.379 e. The van der Waals surface area contributed by atoms with Crippen LogP contribution in [-0.4, -0.2) is 9.97 Å².